The fourth-order valence-corrected chi connectivity index (χ4v) is 4.68. The number of aromatic nitrogens is 2. The van der Waals surface area contributed by atoms with Crippen molar-refractivity contribution in [2.24, 2.45) is 5.73 Å². The topological polar surface area (TPSA) is 81.2 Å². The van der Waals surface area contributed by atoms with Crippen molar-refractivity contribution in [1.82, 2.24) is 14.5 Å². The Labute approximate surface area is 174 Å². The number of hydrogen-bond donors (Lipinski definition) is 1. The summed E-state index contributed by atoms with van der Waals surface area (Å²) < 4.78 is 2.10. The summed E-state index contributed by atoms with van der Waals surface area (Å²) in [6, 6.07) is 11.9. The van der Waals surface area contributed by atoms with Gasteiger partial charge in [0.15, 0.2) is 0 Å². The Hall–Kier alpha value is -2.93. The molecule has 1 saturated heterocycles. The van der Waals surface area contributed by atoms with Crippen molar-refractivity contribution >= 4 is 23.2 Å². The van der Waals surface area contributed by atoms with Crippen molar-refractivity contribution in [2.45, 2.75) is 32.7 Å². The van der Waals surface area contributed by atoms with Crippen LogP contribution in [0.15, 0.2) is 41.8 Å². The Bertz CT molecular complexity index is 1040. The van der Waals surface area contributed by atoms with Crippen molar-refractivity contribution in [1.29, 1.82) is 0 Å². The number of thiazole rings is 1. The summed E-state index contributed by atoms with van der Waals surface area (Å²) in [5.41, 5.74) is 9.75. The van der Waals surface area contributed by atoms with E-state index in [0.717, 1.165) is 53.6 Å². The van der Waals surface area contributed by atoms with Crippen LogP contribution in [0.3, 0.4) is 0 Å². The summed E-state index contributed by atoms with van der Waals surface area (Å²) in [5, 5.41) is 2.96. The Morgan fingerprint density at radius 1 is 1.24 bits per heavy atom. The maximum absolute atomic E-state index is 11.9. The van der Waals surface area contributed by atoms with Gasteiger partial charge in [0.1, 0.15) is 5.01 Å². The van der Waals surface area contributed by atoms with E-state index in [9.17, 15) is 9.59 Å². The van der Waals surface area contributed by atoms with Gasteiger partial charge < -0.3 is 15.2 Å². The second-order valence-electron chi connectivity index (χ2n) is 7.29. The van der Waals surface area contributed by atoms with Crippen LogP contribution in [-0.2, 0) is 11.3 Å². The van der Waals surface area contributed by atoms with Gasteiger partial charge in [0, 0.05) is 42.7 Å². The minimum Gasteiger partial charge on any atom is -0.366 e. The number of carbonyl (C=O) groups is 2. The summed E-state index contributed by atoms with van der Waals surface area (Å²) >= 11 is 1.58. The third-order valence-electron chi connectivity index (χ3n) is 5.40. The first-order chi connectivity index (χ1) is 14.0. The minimum absolute atomic E-state index is 0.235. The SMILES string of the molecule is Cc1c(C(N)=O)cc(-c2csc(-c3ccccc3)n2)n1CCCN1CCCC1=O. The first-order valence-corrected chi connectivity index (χ1v) is 10.7. The number of nitrogens with zero attached hydrogens (tertiary/aromatic N) is 3. The predicted molar refractivity (Wildman–Crippen MR) is 115 cm³/mol. The zero-order chi connectivity index (χ0) is 20.4. The Morgan fingerprint density at radius 2 is 2.03 bits per heavy atom. The highest BCUT2D eigenvalue weighted by Crippen LogP contribution is 2.31. The predicted octanol–water partition coefficient (Wildman–Crippen LogP) is 3.70. The fraction of sp³-hybridized carbons (Fsp3) is 0.318. The fourth-order valence-electron chi connectivity index (χ4n) is 3.86. The molecule has 1 aliphatic heterocycles. The quantitative estimate of drug-likeness (QED) is 0.647. The molecule has 2 aromatic heterocycles. The molecule has 1 fully saturated rings. The molecule has 7 heteroatoms. The monoisotopic (exact) mass is 408 g/mol. The van der Waals surface area contributed by atoms with Crippen LogP contribution in [0.25, 0.3) is 22.0 Å². The van der Waals surface area contributed by atoms with Crippen LogP contribution in [0.1, 0.15) is 35.3 Å². The molecular formula is C22H24N4O2S. The van der Waals surface area contributed by atoms with E-state index < -0.39 is 5.91 Å². The van der Waals surface area contributed by atoms with Crippen LogP contribution in [0, 0.1) is 6.92 Å². The van der Waals surface area contributed by atoms with E-state index in [4.69, 9.17) is 10.7 Å². The molecule has 0 aliphatic carbocycles. The van der Waals surface area contributed by atoms with Crippen LogP contribution in [-0.4, -0.2) is 39.4 Å². The van der Waals surface area contributed by atoms with Gasteiger partial charge in [-0.2, -0.15) is 0 Å². The van der Waals surface area contributed by atoms with Crippen LogP contribution < -0.4 is 5.73 Å². The molecule has 150 valence electrons. The largest absolute Gasteiger partial charge is 0.366 e. The van der Waals surface area contributed by atoms with Crippen molar-refractivity contribution in [3.63, 3.8) is 0 Å². The highest BCUT2D eigenvalue weighted by molar-refractivity contribution is 7.13. The molecule has 29 heavy (non-hydrogen) atoms. The van der Waals surface area contributed by atoms with Gasteiger partial charge in [0.05, 0.1) is 17.0 Å². The van der Waals surface area contributed by atoms with Crippen molar-refractivity contribution < 1.29 is 9.59 Å². The highest BCUT2D eigenvalue weighted by atomic mass is 32.1. The molecule has 6 nitrogen and oxygen atoms in total. The lowest BCUT2D eigenvalue weighted by molar-refractivity contribution is -0.127. The van der Waals surface area contributed by atoms with E-state index in [-0.39, 0.29) is 5.91 Å². The Kier molecular flexibility index (Phi) is 5.49. The lowest BCUT2D eigenvalue weighted by Crippen LogP contribution is -2.26. The summed E-state index contributed by atoms with van der Waals surface area (Å²) in [5.74, 6) is -0.199. The van der Waals surface area contributed by atoms with Gasteiger partial charge in [-0.15, -0.1) is 11.3 Å². The van der Waals surface area contributed by atoms with Gasteiger partial charge in [0.25, 0.3) is 5.91 Å². The highest BCUT2D eigenvalue weighted by Gasteiger charge is 2.21. The Balaban J connectivity index is 1.60. The molecule has 3 aromatic rings. The normalized spacial score (nSPS) is 14.0. The lowest BCUT2D eigenvalue weighted by Gasteiger charge is -2.17. The van der Waals surface area contributed by atoms with E-state index in [1.807, 2.05) is 53.6 Å². The third-order valence-corrected chi connectivity index (χ3v) is 6.29. The van der Waals surface area contributed by atoms with E-state index in [1.165, 1.54) is 0 Å². The number of likely N-dealkylation sites (tertiary alicyclic amines) is 1. The number of rotatable bonds is 7. The minimum atomic E-state index is -0.435. The van der Waals surface area contributed by atoms with E-state index in [2.05, 4.69) is 4.57 Å². The summed E-state index contributed by atoms with van der Waals surface area (Å²) in [4.78, 5) is 30.5. The number of nitrogens with two attached hydrogens (primary N) is 1. The van der Waals surface area contributed by atoms with Crippen LogP contribution in [0.2, 0.25) is 0 Å². The van der Waals surface area contributed by atoms with Crippen molar-refractivity contribution in [2.75, 3.05) is 13.1 Å². The summed E-state index contributed by atoms with van der Waals surface area (Å²) in [6.07, 6.45) is 2.42. The number of benzene rings is 1. The molecule has 0 unspecified atom stereocenters. The number of primary amides is 1. The number of amides is 2. The lowest BCUT2D eigenvalue weighted by atomic mass is 10.2. The molecule has 0 bridgehead atoms. The van der Waals surface area contributed by atoms with Crippen LogP contribution in [0.5, 0.6) is 0 Å². The molecule has 0 radical (unpaired) electrons. The van der Waals surface area contributed by atoms with Crippen LogP contribution >= 0.6 is 11.3 Å². The maximum atomic E-state index is 11.9. The second-order valence-corrected chi connectivity index (χ2v) is 8.14. The van der Waals surface area contributed by atoms with Gasteiger partial charge in [-0.25, -0.2) is 4.98 Å². The zero-order valence-corrected chi connectivity index (χ0v) is 17.2. The van der Waals surface area contributed by atoms with Gasteiger partial charge in [-0.05, 0) is 25.8 Å². The molecular weight excluding hydrogens is 384 g/mol. The molecule has 3 heterocycles. The average molecular weight is 409 g/mol. The average Bonchev–Trinajstić information content (AvgIpc) is 3.43. The third kappa shape index (κ3) is 3.96. The molecule has 1 aromatic carbocycles. The Morgan fingerprint density at radius 3 is 2.72 bits per heavy atom. The molecule has 0 atom stereocenters. The number of hydrogen-bond acceptors (Lipinski definition) is 4. The molecule has 2 N–H and O–H groups in total. The maximum Gasteiger partial charge on any atom is 0.250 e. The van der Waals surface area contributed by atoms with Crippen molar-refractivity contribution in [3.05, 3.63) is 53.0 Å². The smallest absolute Gasteiger partial charge is 0.250 e. The molecule has 1 aliphatic rings. The van der Waals surface area contributed by atoms with Gasteiger partial charge in [0.2, 0.25) is 5.91 Å². The summed E-state index contributed by atoms with van der Waals surface area (Å²) in [6.45, 7) is 4.19. The number of carbonyl (C=O) groups excluding carboxylic acids is 2. The molecule has 0 spiro atoms. The van der Waals surface area contributed by atoms with Crippen LogP contribution in [0.4, 0.5) is 0 Å². The second kappa shape index (κ2) is 8.21. The molecule has 0 saturated carbocycles. The van der Waals surface area contributed by atoms with Gasteiger partial charge in [-0.1, -0.05) is 30.3 Å². The standard InChI is InChI=1S/C22H24N4O2S/c1-15-17(21(23)28)13-19(26(15)12-6-11-25-10-5-9-20(25)27)18-14-29-22(24-18)16-7-3-2-4-8-16/h2-4,7-8,13-14H,5-6,9-12H2,1H3,(H2,23,28). The summed E-state index contributed by atoms with van der Waals surface area (Å²) in [7, 11) is 0. The van der Waals surface area contributed by atoms with E-state index in [0.29, 0.717) is 18.5 Å². The molecule has 4 rings (SSSR count). The van der Waals surface area contributed by atoms with Crippen molar-refractivity contribution in [3.8, 4) is 22.0 Å². The van der Waals surface area contributed by atoms with Gasteiger partial charge >= 0.3 is 0 Å². The van der Waals surface area contributed by atoms with E-state index >= 15 is 0 Å². The first kappa shape index (κ1) is 19.4. The first-order valence-electron chi connectivity index (χ1n) is 9.83. The van der Waals surface area contributed by atoms with E-state index in [1.54, 1.807) is 11.3 Å². The van der Waals surface area contributed by atoms with Gasteiger partial charge in [-0.3, -0.25) is 9.59 Å². The molecule has 2 amide bonds. The zero-order valence-electron chi connectivity index (χ0n) is 16.4.